The average molecular weight is 245 g/mol. The molecule has 0 saturated carbocycles. The number of aromatic carboxylic acids is 1. The zero-order chi connectivity index (χ0) is 13.1. The molecule has 0 bridgehead atoms. The van der Waals surface area contributed by atoms with Crippen LogP contribution in [0.5, 0.6) is 5.75 Å². The summed E-state index contributed by atoms with van der Waals surface area (Å²) in [7, 11) is 1.49. The normalized spacial score (nSPS) is 10.1. The number of rotatable bonds is 3. The Labute approximate surface area is 103 Å². The quantitative estimate of drug-likeness (QED) is 0.890. The fourth-order valence-electron chi connectivity index (χ4n) is 1.68. The highest BCUT2D eigenvalue weighted by atomic mass is 16.5. The van der Waals surface area contributed by atoms with Gasteiger partial charge in [-0.15, -0.1) is 0 Å². The number of benzene rings is 1. The van der Waals surface area contributed by atoms with Gasteiger partial charge in [-0.2, -0.15) is 0 Å². The van der Waals surface area contributed by atoms with Gasteiger partial charge in [0.15, 0.2) is 0 Å². The number of methoxy groups -OCH3 is 1. The lowest BCUT2D eigenvalue weighted by Gasteiger charge is -2.10. The van der Waals surface area contributed by atoms with Gasteiger partial charge < -0.3 is 9.84 Å². The van der Waals surface area contributed by atoms with Crippen LogP contribution in [0.25, 0.3) is 5.69 Å². The van der Waals surface area contributed by atoms with E-state index in [2.05, 4.69) is 0 Å². The predicted molar refractivity (Wildman–Crippen MR) is 65.6 cm³/mol. The highest BCUT2D eigenvalue weighted by Gasteiger charge is 2.13. The van der Waals surface area contributed by atoms with E-state index in [9.17, 15) is 9.59 Å². The SMILES string of the molecule is COc1ccccc1-n1cccc(C(=O)O)c1=O. The molecule has 0 radical (unpaired) electrons. The summed E-state index contributed by atoms with van der Waals surface area (Å²) in [4.78, 5) is 22.9. The smallest absolute Gasteiger partial charge is 0.341 e. The molecule has 1 aromatic heterocycles. The van der Waals surface area contributed by atoms with E-state index in [1.165, 1.54) is 30.0 Å². The first-order valence-electron chi connectivity index (χ1n) is 5.23. The molecule has 0 aliphatic rings. The summed E-state index contributed by atoms with van der Waals surface area (Å²) in [6.45, 7) is 0. The third kappa shape index (κ3) is 1.98. The maximum Gasteiger partial charge on any atom is 0.341 e. The molecular weight excluding hydrogens is 234 g/mol. The summed E-state index contributed by atoms with van der Waals surface area (Å²) in [5.74, 6) is -0.744. The zero-order valence-electron chi connectivity index (χ0n) is 9.66. The monoisotopic (exact) mass is 245 g/mol. The fraction of sp³-hybridized carbons (Fsp3) is 0.0769. The Hall–Kier alpha value is -2.56. The molecule has 1 aromatic carbocycles. The first-order chi connectivity index (χ1) is 8.65. The molecule has 0 saturated heterocycles. The Morgan fingerprint density at radius 2 is 1.94 bits per heavy atom. The number of pyridine rings is 1. The molecule has 0 atom stereocenters. The second kappa shape index (κ2) is 4.75. The van der Waals surface area contributed by atoms with Gasteiger partial charge in [-0.05, 0) is 24.3 Å². The van der Waals surface area contributed by atoms with Crippen molar-refractivity contribution < 1.29 is 14.6 Å². The van der Waals surface area contributed by atoms with Crippen molar-refractivity contribution in [3.05, 3.63) is 58.5 Å². The molecular formula is C13H11NO4. The van der Waals surface area contributed by atoms with Crippen LogP contribution in [-0.2, 0) is 0 Å². The van der Waals surface area contributed by atoms with Crippen LogP contribution >= 0.6 is 0 Å². The number of ether oxygens (including phenoxy) is 1. The number of nitrogens with zero attached hydrogens (tertiary/aromatic N) is 1. The van der Waals surface area contributed by atoms with Gasteiger partial charge in [-0.3, -0.25) is 9.36 Å². The molecule has 2 aromatic rings. The lowest BCUT2D eigenvalue weighted by atomic mass is 10.2. The van der Waals surface area contributed by atoms with Crippen molar-refractivity contribution in [1.29, 1.82) is 0 Å². The summed E-state index contributed by atoms with van der Waals surface area (Å²) < 4.78 is 6.40. The maximum atomic E-state index is 12.0. The van der Waals surface area contributed by atoms with Gasteiger partial charge in [0, 0.05) is 6.20 Å². The van der Waals surface area contributed by atoms with E-state index in [0.717, 1.165) is 0 Å². The van der Waals surface area contributed by atoms with Gasteiger partial charge in [-0.1, -0.05) is 12.1 Å². The standard InChI is InChI=1S/C13H11NO4/c1-18-11-7-3-2-6-10(11)14-8-4-5-9(12(14)15)13(16)17/h2-8H,1H3,(H,16,17). The van der Waals surface area contributed by atoms with Crippen LogP contribution in [-0.4, -0.2) is 22.8 Å². The first-order valence-corrected chi connectivity index (χ1v) is 5.23. The van der Waals surface area contributed by atoms with Crippen molar-refractivity contribution in [2.24, 2.45) is 0 Å². The molecule has 5 nitrogen and oxygen atoms in total. The Morgan fingerprint density at radius 3 is 2.61 bits per heavy atom. The third-order valence-corrected chi connectivity index (χ3v) is 2.52. The van der Waals surface area contributed by atoms with Gasteiger partial charge in [0.25, 0.3) is 5.56 Å². The number of hydrogen-bond donors (Lipinski definition) is 1. The molecule has 1 N–H and O–H groups in total. The molecule has 18 heavy (non-hydrogen) atoms. The number of aromatic nitrogens is 1. The fourth-order valence-corrected chi connectivity index (χ4v) is 1.68. The minimum atomic E-state index is -1.25. The van der Waals surface area contributed by atoms with Crippen LogP contribution in [0, 0.1) is 0 Å². The molecule has 5 heteroatoms. The molecule has 0 spiro atoms. The molecule has 0 fully saturated rings. The molecule has 92 valence electrons. The lowest BCUT2D eigenvalue weighted by Crippen LogP contribution is -2.24. The zero-order valence-corrected chi connectivity index (χ0v) is 9.66. The summed E-state index contributed by atoms with van der Waals surface area (Å²) in [5, 5.41) is 8.92. The maximum absolute atomic E-state index is 12.0. The van der Waals surface area contributed by atoms with E-state index >= 15 is 0 Å². The Morgan fingerprint density at radius 1 is 1.22 bits per heavy atom. The van der Waals surface area contributed by atoms with E-state index in [1.54, 1.807) is 24.3 Å². The van der Waals surface area contributed by atoms with Gasteiger partial charge in [-0.25, -0.2) is 4.79 Å². The van der Waals surface area contributed by atoms with Crippen LogP contribution < -0.4 is 10.3 Å². The van der Waals surface area contributed by atoms with E-state index < -0.39 is 11.5 Å². The molecule has 0 amide bonds. The molecule has 1 heterocycles. The van der Waals surface area contributed by atoms with Crippen molar-refractivity contribution in [2.45, 2.75) is 0 Å². The minimum absolute atomic E-state index is 0.275. The summed E-state index contributed by atoms with van der Waals surface area (Å²) in [6.07, 6.45) is 1.51. The highest BCUT2D eigenvalue weighted by Crippen LogP contribution is 2.20. The van der Waals surface area contributed by atoms with Gasteiger partial charge in [0.05, 0.1) is 12.8 Å². The number of carbonyl (C=O) groups is 1. The van der Waals surface area contributed by atoms with Crippen LogP contribution in [0.1, 0.15) is 10.4 Å². The lowest BCUT2D eigenvalue weighted by molar-refractivity contribution is 0.0694. The second-order valence-electron chi connectivity index (χ2n) is 3.57. The number of carboxylic acid groups (broad SMARTS) is 1. The van der Waals surface area contributed by atoms with Gasteiger partial charge >= 0.3 is 5.97 Å². The topological polar surface area (TPSA) is 68.5 Å². The molecule has 0 aliphatic carbocycles. The number of para-hydroxylation sites is 2. The highest BCUT2D eigenvalue weighted by molar-refractivity contribution is 5.87. The predicted octanol–water partition coefficient (Wildman–Crippen LogP) is 1.54. The first kappa shape index (κ1) is 11.9. The number of carboxylic acids is 1. The van der Waals surface area contributed by atoms with Crippen molar-refractivity contribution in [2.75, 3.05) is 7.11 Å². The van der Waals surface area contributed by atoms with Crippen LogP contribution in [0.15, 0.2) is 47.4 Å². The van der Waals surface area contributed by atoms with E-state index in [0.29, 0.717) is 11.4 Å². The van der Waals surface area contributed by atoms with Crippen molar-refractivity contribution in [3.8, 4) is 11.4 Å². The van der Waals surface area contributed by atoms with Crippen LogP contribution in [0.2, 0.25) is 0 Å². The molecule has 0 unspecified atom stereocenters. The van der Waals surface area contributed by atoms with Gasteiger partial charge in [0.1, 0.15) is 11.3 Å². The van der Waals surface area contributed by atoms with Crippen molar-refractivity contribution >= 4 is 5.97 Å². The Bertz CT molecular complexity index is 645. The van der Waals surface area contributed by atoms with Gasteiger partial charge in [0.2, 0.25) is 0 Å². The van der Waals surface area contributed by atoms with Crippen molar-refractivity contribution in [3.63, 3.8) is 0 Å². The van der Waals surface area contributed by atoms with Crippen molar-refractivity contribution in [1.82, 2.24) is 4.57 Å². The van der Waals surface area contributed by atoms with Crippen LogP contribution in [0.4, 0.5) is 0 Å². The minimum Gasteiger partial charge on any atom is -0.495 e. The largest absolute Gasteiger partial charge is 0.495 e. The second-order valence-corrected chi connectivity index (χ2v) is 3.57. The third-order valence-electron chi connectivity index (χ3n) is 2.52. The number of hydrogen-bond acceptors (Lipinski definition) is 3. The van der Waals surface area contributed by atoms with E-state index in [-0.39, 0.29) is 5.56 Å². The van der Waals surface area contributed by atoms with E-state index in [1.807, 2.05) is 0 Å². The van der Waals surface area contributed by atoms with Crippen LogP contribution in [0.3, 0.4) is 0 Å². The Balaban J connectivity index is 2.69. The molecule has 0 aliphatic heterocycles. The van der Waals surface area contributed by atoms with E-state index in [4.69, 9.17) is 9.84 Å². The summed E-state index contributed by atoms with van der Waals surface area (Å²) in [6, 6.07) is 9.70. The summed E-state index contributed by atoms with van der Waals surface area (Å²) in [5.41, 5.74) is -0.356. The molecule has 2 rings (SSSR count). The average Bonchev–Trinajstić information content (AvgIpc) is 2.38. The Kier molecular flexibility index (Phi) is 3.14. The summed E-state index contributed by atoms with van der Waals surface area (Å²) >= 11 is 0.